The average molecular weight is 676 g/mol. The van der Waals surface area contributed by atoms with E-state index in [1.54, 1.807) is 31.5 Å². The minimum absolute atomic E-state index is 0.0906. The number of methoxy groups -OCH3 is 2. The maximum Gasteiger partial charge on any atom is 0.270 e. The predicted octanol–water partition coefficient (Wildman–Crippen LogP) is 3.43. The van der Waals surface area contributed by atoms with Gasteiger partial charge in [-0.15, -0.1) is 0 Å². The summed E-state index contributed by atoms with van der Waals surface area (Å²) in [6, 6.07) is 9.10. The molecular weight excluding hydrogens is 638 g/mol. The van der Waals surface area contributed by atoms with E-state index in [-0.39, 0.29) is 46.9 Å². The number of pyridine rings is 1. The molecule has 4 aromatic rings. The number of fused-ring (bicyclic) bond motifs is 2. The molecule has 13 nitrogen and oxygen atoms in total. The Kier molecular flexibility index (Phi) is 11.1. The van der Waals surface area contributed by atoms with Crippen LogP contribution in [0.3, 0.4) is 0 Å². The molecule has 248 valence electrons. The van der Waals surface area contributed by atoms with Gasteiger partial charge in [0.15, 0.2) is 11.5 Å². The number of benzene rings is 2. The van der Waals surface area contributed by atoms with Gasteiger partial charge in [-0.3, -0.25) is 9.19 Å². The number of imidazole rings is 1. The minimum Gasteiger partial charge on any atom is -0.497 e. The summed E-state index contributed by atoms with van der Waals surface area (Å²) in [5.41, 5.74) is 2.57. The quantitative estimate of drug-likeness (QED) is 0.283. The van der Waals surface area contributed by atoms with Crippen LogP contribution in [0.2, 0.25) is 0 Å². The first kappa shape index (κ1) is 33.6. The lowest BCUT2D eigenvalue weighted by Gasteiger charge is -2.16. The molecule has 15 heteroatoms. The summed E-state index contributed by atoms with van der Waals surface area (Å²) in [6.45, 7) is 6.25. The Morgan fingerprint density at radius 1 is 0.848 bits per heavy atom. The highest BCUT2D eigenvalue weighted by Crippen LogP contribution is 2.34. The van der Waals surface area contributed by atoms with Crippen molar-refractivity contribution in [3.63, 3.8) is 0 Å². The first-order valence-corrected chi connectivity index (χ1v) is 17.3. The molecule has 0 spiro atoms. The van der Waals surface area contributed by atoms with Crippen molar-refractivity contribution in [1.29, 1.82) is 0 Å². The fraction of sp³-hybridized carbons (Fsp3) is 0.419. The number of hydrogen-bond acceptors (Lipinski definition) is 12. The number of hydrogen-bond donors (Lipinski definition) is 0. The Morgan fingerprint density at radius 3 is 2.15 bits per heavy atom. The lowest BCUT2D eigenvalue weighted by Crippen LogP contribution is -2.18. The zero-order chi connectivity index (χ0) is 32.7. The van der Waals surface area contributed by atoms with Crippen LogP contribution in [0.4, 0.5) is 0 Å². The molecule has 46 heavy (non-hydrogen) atoms. The summed E-state index contributed by atoms with van der Waals surface area (Å²) in [7, 11) is -3.26. The molecule has 1 unspecified atom stereocenters. The van der Waals surface area contributed by atoms with Crippen LogP contribution in [-0.2, 0) is 40.8 Å². The van der Waals surface area contributed by atoms with Crippen LogP contribution in [0.25, 0.3) is 11.0 Å². The van der Waals surface area contributed by atoms with Crippen LogP contribution >= 0.6 is 0 Å². The Balaban J connectivity index is 1.54. The molecule has 0 fully saturated rings. The monoisotopic (exact) mass is 675 g/mol. The molecule has 2 aromatic carbocycles. The molecule has 0 amide bonds. The van der Waals surface area contributed by atoms with E-state index in [0.717, 1.165) is 9.54 Å². The van der Waals surface area contributed by atoms with Crippen molar-refractivity contribution in [3.8, 4) is 23.0 Å². The lowest BCUT2D eigenvalue weighted by atomic mass is 10.1. The number of aryl methyl sites for hydroxylation is 1. The van der Waals surface area contributed by atoms with Crippen molar-refractivity contribution in [2.24, 2.45) is 0 Å². The van der Waals surface area contributed by atoms with Crippen molar-refractivity contribution in [3.05, 3.63) is 59.4 Å². The van der Waals surface area contributed by atoms with E-state index in [1.165, 1.54) is 25.3 Å². The van der Waals surface area contributed by atoms with Crippen LogP contribution in [0.1, 0.15) is 16.8 Å². The lowest BCUT2D eigenvalue weighted by molar-refractivity contribution is 0.00708. The second-order valence-corrected chi connectivity index (χ2v) is 13.3. The van der Waals surface area contributed by atoms with Gasteiger partial charge in [-0.05, 0) is 38.1 Å². The zero-order valence-electron chi connectivity index (χ0n) is 26.1. The van der Waals surface area contributed by atoms with Crippen LogP contribution in [0.5, 0.6) is 23.0 Å². The molecule has 0 N–H and O–H groups in total. The SMILES string of the molecule is COc1ccc2c(c1)nc(S(=O)Cc1ncc(C)c(OC)c1C)n2S(=O)(=O)c1ccc2c(c1)OCCOCCOCCOCCO2. The van der Waals surface area contributed by atoms with E-state index in [4.69, 9.17) is 33.2 Å². The van der Waals surface area contributed by atoms with Crippen molar-refractivity contribution >= 4 is 31.9 Å². The van der Waals surface area contributed by atoms with E-state index in [2.05, 4.69) is 9.97 Å². The summed E-state index contributed by atoms with van der Waals surface area (Å²) < 4.78 is 82.9. The second kappa shape index (κ2) is 15.2. The highest BCUT2D eigenvalue weighted by Gasteiger charge is 2.29. The van der Waals surface area contributed by atoms with Gasteiger partial charge < -0.3 is 33.2 Å². The first-order chi connectivity index (χ1) is 22.2. The van der Waals surface area contributed by atoms with Gasteiger partial charge in [0.05, 0.1) is 92.0 Å². The molecule has 0 saturated carbocycles. The number of aromatic nitrogens is 3. The number of nitrogens with zero attached hydrogens (tertiary/aromatic N) is 3. The summed E-state index contributed by atoms with van der Waals surface area (Å²) in [6.07, 6.45) is 1.63. The third-order valence-electron chi connectivity index (χ3n) is 7.18. The zero-order valence-corrected chi connectivity index (χ0v) is 27.8. The van der Waals surface area contributed by atoms with Gasteiger partial charge in [0, 0.05) is 29.5 Å². The third-order valence-corrected chi connectivity index (χ3v) is 10.2. The highest BCUT2D eigenvalue weighted by molar-refractivity contribution is 7.91. The normalized spacial score (nSPS) is 15.9. The molecule has 1 aliphatic rings. The summed E-state index contributed by atoms with van der Waals surface area (Å²) in [5.74, 6) is 1.55. The largest absolute Gasteiger partial charge is 0.497 e. The van der Waals surface area contributed by atoms with Gasteiger partial charge in [0.2, 0.25) is 5.16 Å². The second-order valence-electron chi connectivity index (χ2n) is 10.2. The van der Waals surface area contributed by atoms with Gasteiger partial charge in [-0.1, -0.05) is 0 Å². The maximum absolute atomic E-state index is 14.4. The molecule has 3 heterocycles. The highest BCUT2D eigenvalue weighted by atomic mass is 32.2. The number of rotatable bonds is 7. The summed E-state index contributed by atoms with van der Waals surface area (Å²) >= 11 is 0. The van der Waals surface area contributed by atoms with Crippen LogP contribution in [0, 0.1) is 13.8 Å². The van der Waals surface area contributed by atoms with Crippen LogP contribution in [0.15, 0.2) is 52.6 Å². The Morgan fingerprint density at radius 2 is 1.50 bits per heavy atom. The van der Waals surface area contributed by atoms with E-state index < -0.39 is 20.8 Å². The van der Waals surface area contributed by atoms with Crippen LogP contribution in [-0.4, -0.2) is 93.6 Å². The first-order valence-electron chi connectivity index (χ1n) is 14.6. The van der Waals surface area contributed by atoms with E-state index in [9.17, 15) is 12.6 Å². The molecule has 2 aromatic heterocycles. The van der Waals surface area contributed by atoms with Gasteiger partial charge >= 0.3 is 0 Å². The Bertz CT molecular complexity index is 1810. The van der Waals surface area contributed by atoms with Gasteiger partial charge in [0.25, 0.3) is 10.0 Å². The van der Waals surface area contributed by atoms with Crippen molar-refractivity contribution < 1.29 is 45.8 Å². The van der Waals surface area contributed by atoms with Crippen molar-refractivity contribution in [2.45, 2.75) is 29.7 Å². The average Bonchev–Trinajstić information content (AvgIpc) is 3.44. The molecular formula is C31H37N3O10S2. The van der Waals surface area contributed by atoms with Crippen molar-refractivity contribution in [1.82, 2.24) is 13.9 Å². The molecule has 0 radical (unpaired) electrons. The van der Waals surface area contributed by atoms with E-state index >= 15 is 0 Å². The Hall–Kier alpha value is -3.76. The Labute approximate surface area is 270 Å². The van der Waals surface area contributed by atoms with Crippen molar-refractivity contribution in [2.75, 3.05) is 67.1 Å². The summed E-state index contributed by atoms with van der Waals surface area (Å²) in [5, 5.41) is -0.162. The van der Waals surface area contributed by atoms with Gasteiger partial charge in [-0.2, -0.15) is 0 Å². The third kappa shape index (κ3) is 7.44. The van der Waals surface area contributed by atoms with Crippen LogP contribution < -0.4 is 18.9 Å². The topological polar surface area (TPSA) is 147 Å². The van der Waals surface area contributed by atoms with E-state index in [0.29, 0.717) is 67.1 Å². The minimum atomic E-state index is -4.37. The number of ether oxygens (including phenoxy) is 7. The van der Waals surface area contributed by atoms with Gasteiger partial charge in [0.1, 0.15) is 24.7 Å². The smallest absolute Gasteiger partial charge is 0.270 e. The van der Waals surface area contributed by atoms with Gasteiger partial charge in [-0.25, -0.2) is 17.4 Å². The molecule has 1 atom stereocenters. The summed E-state index contributed by atoms with van der Waals surface area (Å²) in [4.78, 5) is 8.87. The molecule has 0 saturated heterocycles. The van der Waals surface area contributed by atoms with E-state index in [1.807, 2.05) is 13.8 Å². The molecule has 0 aliphatic carbocycles. The fourth-order valence-corrected chi connectivity index (χ4v) is 7.94. The predicted molar refractivity (Wildman–Crippen MR) is 169 cm³/mol. The fourth-order valence-electron chi connectivity index (χ4n) is 4.87. The standard InChI is InChI=1S/C31H37N3O10S2/c1-21-19-32-26(22(2)30(21)39-4)20-45(35)31-33-25-17-23(38-3)5-7-27(25)34(31)46(36,37)24-6-8-28-29(18-24)44-16-14-42-12-10-40-9-11-41-13-15-43-28/h5-8,17-19H,9-16,20H2,1-4H3. The maximum atomic E-state index is 14.4. The molecule has 1 aliphatic heterocycles. The molecule has 5 rings (SSSR count). The molecule has 0 bridgehead atoms.